The molecule has 2 saturated carbocycles. The van der Waals surface area contributed by atoms with Gasteiger partial charge in [0.1, 0.15) is 6.10 Å². The van der Waals surface area contributed by atoms with E-state index in [0.29, 0.717) is 6.42 Å². The molecule has 8 heteroatoms. The quantitative estimate of drug-likeness (QED) is 0.643. The Kier molecular flexibility index (Phi) is 4.31. The van der Waals surface area contributed by atoms with Crippen molar-refractivity contribution in [3.05, 3.63) is 71.8 Å². The number of rotatable bonds is 3. The van der Waals surface area contributed by atoms with E-state index in [0.717, 1.165) is 28.3 Å². The zero-order valence-corrected chi connectivity index (χ0v) is 17.3. The van der Waals surface area contributed by atoms with E-state index >= 15 is 0 Å². The van der Waals surface area contributed by atoms with Crippen molar-refractivity contribution in [2.24, 2.45) is 34.7 Å². The van der Waals surface area contributed by atoms with Gasteiger partial charge in [0.05, 0.1) is 28.8 Å². The molecule has 2 aromatic carbocycles. The number of allylic oxidation sites excluding steroid dienone is 1. The minimum atomic E-state index is -4.56. The van der Waals surface area contributed by atoms with E-state index in [4.69, 9.17) is 4.84 Å². The normalized spacial score (nSPS) is 32.3. The molecule has 2 aliphatic heterocycles. The molecule has 6 unspecified atom stereocenters. The fraction of sp³-hybridized carbons (Fsp3) is 0.320. The minimum Gasteiger partial charge on any atom is -0.391 e. The number of fused-ring (bicyclic) bond motifs is 8. The van der Waals surface area contributed by atoms with Crippen molar-refractivity contribution >= 4 is 29.3 Å². The molecular weight excluding hydrogens is 433 g/mol. The lowest BCUT2D eigenvalue weighted by atomic mass is 9.72. The van der Waals surface area contributed by atoms with Gasteiger partial charge in [-0.2, -0.15) is 13.2 Å². The van der Waals surface area contributed by atoms with Crippen molar-refractivity contribution in [2.75, 3.05) is 4.90 Å². The molecular formula is C25H19F3N2O3. The van der Waals surface area contributed by atoms with E-state index in [-0.39, 0.29) is 29.5 Å². The second-order valence-electron chi connectivity index (χ2n) is 9.03. The number of oxime groups is 1. The number of hydrogen-bond donors (Lipinski definition) is 0. The molecule has 5 nitrogen and oxygen atoms in total. The highest BCUT2D eigenvalue weighted by atomic mass is 19.4. The van der Waals surface area contributed by atoms with Crippen molar-refractivity contribution < 1.29 is 27.6 Å². The predicted octanol–water partition coefficient (Wildman–Crippen LogP) is 4.55. The van der Waals surface area contributed by atoms with Gasteiger partial charge in [-0.1, -0.05) is 47.6 Å². The SMILES string of the molecule is O=C1C2C3CC(C4C(C=Cc5ccccc5)=NOC34)C2C(=O)N1c1cccc(C(F)(F)F)c1. The third kappa shape index (κ3) is 2.96. The lowest BCUT2D eigenvalue weighted by Gasteiger charge is -2.29. The number of amides is 2. The average Bonchev–Trinajstić information content (AvgIpc) is 3.53. The Bertz CT molecular complexity index is 1210. The molecule has 168 valence electrons. The Labute approximate surface area is 187 Å². The smallest absolute Gasteiger partial charge is 0.391 e. The van der Waals surface area contributed by atoms with Gasteiger partial charge in [-0.05, 0) is 42.2 Å². The number of halogens is 3. The number of carbonyl (C=O) groups is 2. The Balaban J connectivity index is 1.29. The van der Waals surface area contributed by atoms with E-state index in [2.05, 4.69) is 5.16 Å². The van der Waals surface area contributed by atoms with Crippen LogP contribution in [0.1, 0.15) is 17.5 Å². The van der Waals surface area contributed by atoms with Crippen LogP contribution in [-0.2, 0) is 20.6 Å². The predicted molar refractivity (Wildman–Crippen MR) is 114 cm³/mol. The molecule has 0 aromatic heterocycles. The van der Waals surface area contributed by atoms with Crippen molar-refractivity contribution in [2.45, 2.75) is 18.7 Å². The number of imide groups is 1. The van der Waals surface area contributed by atoms with Crippen molar-refractivity contribution in [1.82, 2.24) is 0 Å². The summed E-state index contributed by atoms with van der Waals surface area (Å²) >= 11 is 0. The van der Waals surface area contributed by atoms with Crippen molar-refractivity contribution in [3.8, 4) is 0 Å². The second-order valence-corrected chi connectivity index (χ2v) is 9.03. The van der Waals surface area contributed by atoms with Gasteiger partial charge in [0.25, 0.3) is 0 Å². The van der Waals surface area contributed by atoms with Gasteiger partial charge >= 0.3 is 6.18 Å². The first-order chi connectivity index (χ1) is 15.8. The van der Waals surface area contributed by atoms with Gasteiger partial charge in [0, 0.05) is 11.8 Å². The number of anilines is 1. The Morgan fingerprint density at radius 2 is 1.64 bits per heavy atom. The maximum atomic E-state index is 13.3. The minimum absolute atomic E-state index is 0.0300. The van der Waals surface area contributed by atoms with Gasteiger partial charge in [-0.15, -0.1) is 0 Å². The number of hydrogen-bond acceptors (Lipinski definition) is 4. The van der Waals surface area contributed by atoms with E-state index in [1.807, 2.05) is 42.5 Å². The van der Waals surface area contributed by atoms with Crippen LogP contribution in [0.25, 0.3) is 6.08 Å². The molecule has 4 aliphatic rings. The number of carbonyl (C=O) groups excluding carboxylic acids is 2. The maximum Gasteiger partial charge on any atom is 0.416 e. The zero-order chi connectivity index (χ0) is 22.9. The van der Waals surface area contributed by atoms with Crippen LogP contribution in [0, 0.1) is 29.6 Å². The Morgan fingerprint density at radius 1 is 0.909 bits per heavy atom. The number of nitrogens with zero attached hydrogens (tertiary/aromatic N) is 2. The molecule has 0 radical (unpaired) electrons. The van der Waals surface area contributed by atoms with Gasteiger partial charge < -0.3 is 4.84 Å². The van der Waals surface area contributed by atoms with E-state index in [9.17, 15) is 22.8 Å². The first kappa shape index (κ1) is 20.2. The summed E-state index contributed by atoms with van der Waals surface area (Å²) in [6, 6.07) is 14.1. The lowest BCUT2D eigenvalue weighted by molar-refractivity contribution is -0.137. The van der Waals surface area contributed by atoms with Crippen LogP contribution in [0.15, 0.2) is 65.8 Å². The highest BCUT2D eigenvalue weighted by molar-refractivity contribution is 6.23. The monoisotopic (exact) mass is 452 g/mol. The van der Waals surface area contributed by atoms with Crippen LogP contribution < -0.4 is 4.90 Å². The van der Waals surface area contributed by atoms with Crippen LogP contribution in [0.4, 0.5) is 18.9 Å². The van der Waals surface area contributed by atoms with Crippen LogP contribution in [0.3, 0.4) is 0 Å². The molecule has 6 atom stereocenters. The van der Waals surface area contributed by atoms with Gasteiger partial charge in [-0.25, -0.2) is 0 Å². The Morgan fingerprint density at radius 3 is 2.36 bits per heavy atom. The highest BCUT2D eigenvalue weighted by Crippen LogP contribution is 2.61. The molecule has 2 aliphatic carbocycles. The van der Waals surface area contributed by atoms with Crippen LogP contribution in [0.2, 0.25) is 0 Å². The van der Waals surface area contributed by atoms with Gasteiger partial charge in [0.2, 0.25) is 11.8 Å². The summed E-state index contributed by atoms with van der Waals surface area (Å²) in [6.45, 7) is 0. The summed E-state index contributed by atoms with van der Waals surface area (Å²) in [6.07, 6.45) is -0.342. The molecule has 33 heavy (non-hydrogen) atoms. The van der Waals surface area contributed by atoms with Crippen LogP contribution in [-0.4, -0.2) is 23.6 Å². The lowest BCUT2D eigenvalue weighted by Crippen LogP contribution is -2.40. The number of benzene rings is 2. The second kappa shape index (κ2) is 7.04. The van der Waals surface area contributed by atoms with E-state index in [1.165, 1.54) is 12.1 Å². The molecule has 1 saturated heterocycles. The van der Waals surface area contributed by atoms with E-state index in [1.54, 1.807) is 0 Å². The molecule has 2 aromatic rings. The number of alkyl halides is 3. The molecule has 6 rings (SSSR count). The summed E-state index contributed by atoms with van der Waals surface area (Å²) in [5, 5.41) is 4.24. The summed E-state index contributed by atoms with van der Waals surface area (Å²) in [5.41, 5.74) is 0.832. The average molecular weight is 452 g/mol. The molecule has 2 bridgehead atoms. The first-order valence-corrected chi connectivity index (χ1v) is 10.9. The summed E-state index contributed by atoms with van der Waals surface area (Å²) in [7, 11) is 0. The summed E-state index contributed by atoms with van der Waals surface area (Å²) in [5.74, 6) is -2.40. The third-order valence-corrected chi connectivity index (χ3v) is 7.40. The molecule has 2 amide bonds. The molecule has 3 fully saturated rings. The van der Waals surface area contributed by atoms with Crippen LogP contribution >= 0.6 is 0 Å². The molecule has 0 N–H and O–H groups in total. The topological polar surface area (TPSA) is 59.0 Å². The maximum absolute atomic E-state index is 13.3. The van der Waals surface area contributed by atoms with Gasteiger partial charge in [-0.3, -0.25) is 14.5 Å². The molecule has 0 spiro atoms. The van der Waals surface area contributed by atoms with Gasteiger partial charge in [0.15, 0.2) is 0 Å². The first-order valence-electron chi connectivity index (χ1n) is 10.9. The Hall–Kier alpha value is -3.42. The zero-order valence-electron chi connectivity index (χ0n) is 17.3. The summed E-state index contributed by atoms with van der Waals surface area (Å²) in [4.78, 5) is 33.3. The van der Waals surface area contributed by atoms with E-state index < -0.39 is 35.4 Å². The fourth-order valence-electron chi connectivity index (χ4n) is 6.12. The summed E-state index contributed by atoms with van der Waals surface area (Å²) < 4.78 is 39.6. The fourth-order valence-corrected chi connectivity index (χ4v) is 6.12. The molecule has 2 heterocycles. The highest BCUT2D eigenvalue weighted by Gasteiger charge is 2.70. The largest absolute Gasteiger partial charge is 0.416 e. The van der Waals surface area contributed by atoms with Crippen molar-refractivity contribution in [3.63, 3.8) is 0 Å². The third-order valence-electron chi connectivity index (χ3n) is 7.40. The van der Waals surface area contributed by atoms with Crippen LogP contribution in [0.5, 0.6) is 0 Å². The standard InChI is InChI=1S/C25H19F3N2O3/c26-25(27,28)14-7-4-8-15(11-14)30-23(31)20-16-12-17(21(20)24(30)32)22-19(16)18(29-33-22)10-9-13-5-2-1-3-6-13/h1-11,16-17,19-22H,12H2. The van der Waals surface area contributed by atoms with Crippen molar-refractivity contribution in [1.29, 1.82) is 0 Å².